The van der Waals surface area contributed by atoms with Gasteiger partial charge in [0.15, 0.2) is 0 Å². The Labute approximate surface area is 109 Å². The minimum Gasteiger partial charge on any atom is -0.481 e. The average molecular weight is 256 g/mol. The molecule has 104 valence electrons. The van der Waals surface area contributed by atoms with E-state index in [0.717, 1.165) is 19.3 Å². The molecule has 1 aliphatic rings. The molecule has 0 bridgehead atoms. The van der Waals surface area contributed by atoms with Crippen LogP contribution in [0.3, 0.4) is 0 Å². The highest BCUT2D eigenvalue weighted by atomic mass is 16.4. The largest absolute Gasteiger partial charge is 0.481 e. The van der Waals surface area contributed by atoms with Crippen LogP contribution in [0, 0.1) is 5.92 Å². The number of aliphatic carboxylic acids is 1. The van der Waals surface area contributed by atoms with Crippen LogP contribution in [0.2, 0.25) is 0 Å². The molecule has 1 fully saturated rings. The highest BCUT2D eigenvalue weighted by Gasteiger charge is 2.34. The van der Waals surface area contributed by atoms with Crippen molar-refractivity contribution in [3.05, 3.63) is 0 Å². The second kappa shape index (κ2) is 6.61. The monoisotopic (exact) mass is 256 g/mol. The van der Waals surface area contributed by atoms with Gasteiger partial charge in [-0.2, -0.15) is 0 Å². The zero-order valence-corrected chi connectivity index (χ0v) is 11.5. The second-order valence-electron chi connectivity index (χ2n) is 5.28. The molecule has 0 aromatic carbocycles. The predicted octanol–water partition coefficient (Wildman–Crippen LogP) is 2.07. The van der Waals surface area contributed by atoms with Gasteiger partial charge in [-0.05, 0) is 39.0 Å². The smallest absolute Gasteiger partial charge is 0.317 e. The number of carboxylic acid groups (broad SMARTS) is 1. The van der Waals surface area contributed by atoms with Gasteiger partial charge in [0, 0.05) is 18.6 Å². The van der Waals surface area contributed by atoms with Crippen molar-refractivity contribution in [2.75, 3.05) is 6.54 Å². The van der Waals surface area contributed by atoms with E-state index in [9.17, 15) is 9.59 Å². The molecule has 0 radical (unpaired) electrons. The lowest BCUT2D eigenvalue weighted by atomic mass is 10.1. The third-order valence-corrected chi connectivity index (χ3v) is 3.24. The van der Waals surface area contributed by atoms with Gasteiger partial charge in [-0.1, -0.05) is 6.92 Å². The van der Waals surface area contributed by atoms with Gasteiger partial charge < -0.3 is 15.3 Å². The third-order valence-electron chi connectivity index (χ3n) is 3.24. The van der Waals surface area contributed by atoms with E-state index in [1.165, 1.54) is 0 Å². The molecule has 5 heteroatoms. The number of rotatable bonds is 7. The molecule has 1 rings (SSSR count). The Balaban J connectivity index is 2.55. The van der Waals surface area contributed by atoms with E-state index in [0.29, 0.717) is 12.5 Å². The van der Waals surface area contributed by atoms with Crippen molar-refractivity contribution in [2.24, 2.45) is 5.92 Å². The van der Waals surface area contributed by atoms with E-state index in [1.807, 2.05) is 20.8 Å². The first kappa shape index (κ1) is 14.8. The minimum absolute atomic E-state index is 0.0223. The Morgan fingerprint density at radius 1 is 1.39 bits per heavy atom. The first-order valence-electron chi connectivity index (χ1n) is 6.74. The maximum absolute atomic E-state index is 12.1. The summed E-state index contributed by atoms with van der Waals surface area (Å²) in [5, 5.41) is 11.7. The lowest BCUT2D eigenvalue weighted by Crippen LogP contribution is -2.49. The Morgan fingerprint density at radius 2 is 2.00 bits per heavy atom. The number of nitrogens with zero attached hydrogens (tertiary/aromatic N) is 1. The van der Waals surface area contributed by atoms with Crippen LogP contribution in [0.5, 0.6) is 0 Å². The second-order valence-corrected chi connectivity index (χ2v) is 5.28. The van der Waals surface area contributed by atoms with E-state index in [1.54, 1.807) is 4.90 Å². The van der Waals surface area contributed by atoms with Crippen LogP contribution in [-0.4, -0.2) is 40.6 Å². The van der Waals surface area contributed by atoms with Gasteiger partial charge in [0.1, 0.15) is 0 Å². The van der Waals surface area contributed by atoms with Crippen LogP contribution in [-0.2, 0) is 4.79 Å². The first-order valence-corrected chi connectivity index (χ1v) is 6.74. The molecule has 2 N–H and O–H groups in total. The third kappa shape index (κ3) is 4.55. The van der Waals surface area contributed by atoms with Gasteiger partial charge in [0.2, 0.25) is 0 Å². The summed E-state index contributed by atoms with van der Waals surface area (Å²) in [5.74, 6) is -0.500. The number of carbonyl (C=O) groups excluding carboxylic acids is 1. The maximum Gasteiger partial charge on any atom is 0.317 e. The summed E-state index contributed by atoms with van der Waals surface area (Å²) in [7, 11) is 0. The Kier molecular flexibility index (Phi) is 5.44. The number of carboxylic acids is 1. The number of urea groups is 1. The number of amides is 2. The molecular formula is C13H24N2O3. The Bertz CT molecular complexity index is 301. The van der Waals surface area contributed by atoms with Crippen molar-refractivity contribution in [3.8, 4) is 0 Å². The fourth-order valence-electron chi connectivity index (χ4n) is 2.10. The van der Waals surface area contributed by atoms with Crippen molar-refractivity contribution >= 4 is 12.0 Å². The summed E-state index contributed by atoms with van der Waals surface area (Å²) in [6, 6.07) is -0.215. The Hall–Kier alpha value is -1.26. The Morgan fingerprint density at radius 3 is 2.39 bits per heavy atom. The molecule has 1 unspecified atom stereocenters. The summed E-state index contributed by atoms with van der Waals surface area (Å²) in [6.45, 7) is 6.67. The van der Waals surface area contributed by atoms with Crippen molar-refractivity contribution in [1.29, 1.82) is 0 Å². The zero-order chi connectivity index (χ0) is 13.7. The van der Waals surface area contributed by atoms with Gasteiger partial charge in [0.05, 0.1) is 6.42 Å². The molecule has 0 spiro atoms. The van der Waals surface area contributed by atoms with Crippen LogP contribution >= 0.6 is 0 Å². The van der Waals surface area contributed by atoms with Crippen LogP contribution in [0.25, 0.3) is 0 Å². The molecule has 1 aliphatic carbocycles. The van der Waals surface area contributed by atoms with Gasteiger partial charge in [-0.15, -0.1) is 0 Å². The van der Waals surface area contributed by atoms with Crippen molar-refractivity contribution in [2.45, 2.75) is 58.5 Å². The summed E-state index contributed by atoms with van der Waals surface area (Å²) in [4.78, 5) is 24.7. The van der Waals surface area contributed by atoms with E-state index in [-0.39, 0.29) is 24.5 Å². The van der Waals surface area contributed by atoms with Crippen molar-refractivity contribution in [3.63, 3.8) is 0 Å². The topological polar surface area (TPSA) is 69.6 Å². The lowest BCUT2D eigenvalue weighted by Gasteiger charge is -2.29. The first-order chi connectivity index (χ1) is 8.45. The standard InChI is InChI=1S/C13H24N2O3/c1-4-7-15(9(2)3)13(18)14-11(8-12(16)17)10-5-6-10/h9-11H,4-8H2,1-3H3,(H,14,18)(H,16,17). The summed E-state index contributed by atoms with van der Waals surface area (Å²) < 4.78 is 0. The van der Waals surface area contributed by atoms with Gasteiger partial charge in [-0.3, -0.25) is 4.79 Å². The molecular weight excluding hydrogens is 232 g/mol. The SMILES string of the molecule is CCCN(C(=O)NC(CC(=O)O)C1CC1)C(C)C. The van der Waals surface area contributed by atoms with Crippen LogP contribution < -0.4 is 5.32 Å². The molecule has 2 amide bonds. The van der Waals surface area contributed by atoms with Crippen LogP contribution in [0.1, 0.15) is 46.5 Å². The fraction of sp³-hybridized carbons (Fsp3) is 0.846. The van der Waals surface area contributed by atoms with Crippen LogP contribution in [0.4, 0.5) is 4.79 Å². The van der Waals surface area contributed by atoms with Crippen molar-refractivity contribution < 1.29 is 14.7 Å². The van der Waals surface area contributed by atoms with Gasteiger partial charge in [-0.25, -0.2) is 4.79 Å². The number of hydrogen-bond acceptors (Lipinski definition) is 2. The highest BCUT2D eigenvalue weighted by Crippen LogP contribution is 2.34. The summed E-state index contributed by atoms with van der Waals surface area (Å²) >= 11 is 0. The predicted molar refractivity (Wildman–Crippen MR) is 69.4 cm³/mol. The highest BCUT2D eigenvalue weighted by molar-refractivity contribution is 5.76. The van der Waals surface area contributed by atoms with E-state index in [2.05, 4.69) is 5.32 Å². The minimum atomic E-state index is -0.848. The molecule has 5 nitrogen and oxygen atoms in total. The normalized spacial score (nSPS) is 16.4. The molecule has 0 aromatic heterocycles. The number of nitrogens with one attached hydrogen (secondary N) is 1. The quantitative estimate of drug-likeness (QED) is 0.732. The zero-order valence-electron chi connectivity index (χ0n) is 11.5. The van der Waals surface area contributed by atoms with E-state index < -0.39 is 5.97 Å². The van der Waals surface area contributed by atoms with E-state index >= 15 is 0 Å². The molecule has 0 heterocycles. The van der Waals surface area contributed by atoms with Gasteiger partial charge in [0.25, 0.3) is 0 Å². The molecule has 1 saturated carbocycles. The molecule has 0 aromatic rings. The van der Waals surface area contributed by atoms with Crippen LogP contribution in [0.15, 0.2) is 0 Å². The van der Waals surface area contributed by atoms with E-state index in [4.69, 9.17) is 5.11 Å². The molecule has 0 aliphatic heterocycles. The number of hydrogen-bond donors (Lipinski definition) is 2. The number of carbonyl (C=O) groups is 2. The molecule has 0 saturated heterocycles. The summed E-state index contributed by atoms with van der Waals surface area (Å²) in [5.41, 5.74) is 0. The molecule has 1 atom stereocenters. The van der Waals surface area contributed by atoms with Gasteiger partial charge >= 0.3 is 12.0 Å². The summed E-state index contributed by atoms with van der Waals surface area (Å²) in [6.07, 6.45) is 2.97. The molecule has 18 heavy (non-hydrogen) atoms. The maximum atomic E-state index is 12.1. The fourth-order valence-corrected chi connectivity index (χ4v) is 2.10. The average Bonchev–Trinajstić information content (AvgIpc) is 3.07. The van der Waals surface area contributed by atoms with Crippen molar-refractivity contribution in [1.82, 2.24) is 10.2 Å². The lowest BCUT2D eigenvalue weighted by molar-refractivity contribution is -0.137.